The van der Waals surface area contributed by atoms with Crippen LogP contribution in [0, 0.1) is 5.82 Å². The lowest BCUT2D eigenvalue weighted by atomic mass is 10.2. The molecule has 1 aliphatic heterocycles. The van der Waals surface area contributed by atoms with Crippen LogP contribution in [0.15, 0.2) is 54.6 Å². The summed E-state index contributed by atoms with van der Waals surface area (Å²) in [6, 6.07) is 14.0. The highest BCUT2D eigenvalue weighted by atomic mass is 19.1. The van der Waals surface area contributed by atoms with Crippen molar-refractivity contribution in [1.29, 1.82) is 0 Å². The number of methoxy groups -OCH3 is 1. The Morgan fingerprint density at radius 1 is 1.00 bits per heavy atom. The second-order valence-electron chi connectivity index (χ2n) is 5.90. The second kappa shape index (κ2) is 7.83. The van der Waals surface area contributed by atoms with Gasteiger partial charge in [0.25, 0.3) is 0 Å². The number of hydrogen-bond acceptors (Lipinski definition) is 3. The van der Waals surface area contributed by atoms with Crippen LogP contribution < -0.4 is 9.64 Å². The van der Waals surface area contributed by atoms with Crippen molar-refractivity contribution in [3.05, 3.63) is 66.0 Å². The van der Waals surface area contributed by atoms with E-state index >= 15 is 0 Å². The largest absolute Gasteiger partial charge is 0.497 e. The van der Waals surface area contributed by atoms with E-state index in [4.69, 9.17) is 4.74 Å². The Labute approximate surface area is 147 Å². The number of ether oxygens (including phenoxy) is 1. The Morgan fingerprint density at radius 2 is 1.64 bits per heavy atom. The van der Waals surface area contributed by atoms with E-state index in [9.17, 15) is 9.18 Å². The molecule has 0 unspecified atom stereocenters. The van der Waals surface area contributed by atoms with Gasteiger partial charge in [0.2, 0.25) is 5.91 Å². The zero-order valence-electron chi connectivity index (χ0n) is 14.2. The van der Waals surface area contributed by atoms with Crippen LogP contribution in [0.2, 0.25) is 0 Å². The predicted octanol–water partition coefficient (Wildman–Crippen LogP) is 3.20. The highest BCUT2D eigenvalue weighted by molar-refractivity contribution is 5.92. The number of piperazine rings is 1. The third kappa shape index (κ3) is 4.38. The average molecular weight is 340 g/mol. The lowest BCUT2D eigenvalue weighted by Crippen LogP contribution is -2.48. The molecule has 4 nitrogen and oxygen atoms in total. The van der Waals surface area contributed by atoms with Gasteiger partial charge in [0.1, 0.15) is 11.6 Å². The minimum absolute atomic E-state index is 0.00886. The van der Waals surface area contributed by atoms with Crippen molar-refractivity contribution in [2.45, 2.75) is 0 Å². The molecule has 0 saturated carbocycles. The summed E-state index contributed by atoms with van der Waals surface area (Å²) in [5.41, 5.74) is 1.95. The molecule has 1 aliphatic rings. The number of hydrogen-bond donors (Lipinski definition) is 0. The Morgan fingerprint density at radius 3 is 2.24 bits per heavy atom. The maximum Gasteiger partial charge on any atom is 0.246 e. The van der Waals surface area contributed by atoms with E-state index in [-0.39, 0.29) is 11.7 Å². The molecule has 3 rings (SSSR count). The summed E-state index contributed by atoms with van der Waals surface area (Å²) in [5, 5.41) is 0. The molecule has 25 heavy (non-hydrogen) atoms. The molecule has 2 aromatic rings. The molecule has 1 saturated heterocycles. The van der Waals surface area contributed by atoms with Gasteiger partial charge >= 0.3 is 0 Å². The predicted molar refractivity (Wildman–Crippen MR) is 97.2 cm³/mol. The Hall–Kier alpha value is -2.82. The SMILES string of the molecule is COc1ccc(/C=C\C(=O)N2CCN(c3ccc(F)cc3)CC2)cc1. The molecule has 130 valence electrons. The second-order valence-corrected chi connectivity index (χ2v) is 5.90. The standard InChI is InChI=1S/C20H21FN2O2/c1-25-19-9-2-16(3-10-19)4-11-20(24)23-14-12-22(13-15-23)18-7-5-17(21)6-8-18/h2-11H,12-15H2,1H3/b11-4-. The van der Waals surface area contributed by atoms with Gasteiger partial charge in [-0.3, -0.25) is 4.79 Å². The molecular weight excluding hydrogens is 319 g/mol. The van der Waals surface area contributed by atoms with Crippen molar-refractivity contribution in [3.8, 4) is 5.75 Å². The number of carbonyl (C=O) groups is 1. The van der Waals surface area contributed by atoms with Crippen LogP contribution >= 0.6 is 0 Å². The smallest absolute Gasteiger partial charge is 0.246 e. The van der Waals surface area contributed by atoms with E-state index in [1.807, 2.05) is 35.2 Å². The molecule has 0 radical (unpaired) electrons. The summed E-state index contributed by atoms with van der Waals surface area (Å²) in [7, 11) is 1.62. The van der Waals surface area contributed by atoms with Gasteiger partial charge in [-0.1, -0.05) is 12.1 Å². The van der Waals surface area contributed by atoms with Crippen molar-refractivity contribution >= 4 is 17.7 Å². The number of rotatable bonds is 4. The minimum atomic E-state index is -0.235. The van der Waals surface area contributed by atoms with Crippen molar-refractivity contribution in [2.24, 2.45) is 0 Å². The van der Waals surface area contributed by atoms with Crippen LogP contribution in [0.1, 0.15) is 5.56 Å². The molecule has 1 heterocycles. The fourth-order valence-corrected chi connectivity index (χ4v) is 2.82. The quantitative estimate of drug-likeness (QED) is 0.802. The molecule has 2 aromatic carbocycles. The minimum Gasteiger partial charge on any atom is -0.497 e. The first-order valence-corrected chi connectivity index (χ1v) is 8.27. The lowest BCUT2D eigenvalue weighted by Gasteiger charge is -2.35. The summed E-state index contributed by atoms with van der Waals surface area (Å²) in [4.78, 5) is 16.3. The number of anilines is 1. The molecule has 1 amide bonds. The number of carbonyl (C=O) groups excluding carboxylic acids is 1. The molecule has 1 fully saturated rings. The molecule has 0 bridgehead atoms. The lowest BCUT2D eigenvalue weighted by molar-refractivity contribution is -0.126. The van der Waals surface area contributed by atoms with Gasteiger partial charge in [0, 0.05) is 37.9 Å². The summed E-state index contributed by atoms with van der Waals surface area (Å²) in [6.07, 6.45) is 3.42. The van der Waals surface area contributed by atoms with Crippen molar-refractivity contribution < 1.29 is 13.9 Å². The van der Waals surface area contributed by atoms with Gasteiger partial charge in [0.15, 0.2) is 0 Å². The van der Waals surface area contributed by atoms with Gasteiger partial charge in [-0.05, 0) is 48.0 Å². The van der Waals surface area contributed by atoms with Crippen LogP contribution in [0.25, 0.3) is 6.08 Å². The summed E-state index contributed by atoms with van der Waals surface area (Å²) >= 11 is 0. The molecule has 0 spiro atoms. The number of nitrogens with zero attached hydrogens (tertiary/aromatic N) is 2. The zero-order valence-corrected chi connectivity index (χ0v) is 14.2. The molecule has 0 N–H and O–H groups in total. The summed E-state index contributed by atoms with van der Waals surface area (Å²) in [5.74, 6) is 0.566. The fraction of sp³-hybridized carbons (Fsp3) is 0.250. The van der Waals surface area contributed by atoms with E-state index < -0.39 is 0 Å². The Balaban J connectivity index is 1.54. The highest BCUT2D eigenvalue weighted by Gasteiger charge is 2.19. The van der Waals surface area contributed by atoms with Crippen LogP contribution in [0.5, 0.6) is 5.75 Å². The maximum absolute atomic E-state index is 13.0. The first-order valence-electron chi connectivity index (χ1n) is 8.27. The van der Waals surface area contributed by atoms with Gasteiger partial charge in [0.05, 0.1) is 7.11 Å². The molecule has 5 heteroatoms. The zero-order chi connectivity index (χ0) is 17.6. The monoisotopic (exact) mass is 340 g/mol. The molecule has 0 aliphatic carbocycles. The first kappa shape index (κ1) is 17.0. The van der Waals surface area contributed by atoms with E-state index in [0.29, 0.717) is 13.1 Å². The summed E-state index contributed by atoms with van der Waals surface area (Å²) in [6.45, 7) is 2.80. The molecule has 0 atom stereocenters. The van der Waals surface area contributed by atoms with Crippen LogP contribution in [0.3, 0.4) is 0 Å². The average Bonchev–Trinajstić information content (AvgIpc) is 2.67. The van der Waals surface area contributed by atoms with Crippen LogP contribution in [-0.2, 0) is 4.79 Å². The van der Waals surface area contributed by atoms with E-state index in [2.05, 4.69) is 4.90 Å². The van der Waals surface area contributed by atoms with E-state index in [1.54, 1.807) is 25.3 Å². The number of benzene rings is 2. The van der Waals surface area contributed by atoms with Crippen LogP contribution in [0.4, 0.5) is 10.1 Å². The normalized spacial score (nSPS) is 14.8. The number of amides is 1. The maximum atomic E-state index is 13.0. The van der Waals surface area contributed by atoms with Crippen molar-refractivity contribution in [1.82, 2.24) is 4.90 Å². The van der Waals surface area contributed by atoms with Crippen molar-refractivity contribution in [3.63, 3.8) is 0 Å². The highest BCUT2D eigenvalue weighted by Crippen LogP contribution is 2.17. The Kier molecular flexibility index (Phi) is 5.33. The van der Waals surface area contributed by atoms with Crippen LogP contribution in [-0.4, -0.2) is 44.1 Å². The van der Waals surface area contributed by atoms with Gasteiger partial charge in [-0.15, -0.1) is 0 Å². The van der Waals surface area contributed by atoms with Gasteiger partial charge in [-0.25, -0.2) is 4.39 Å². The molecule has 0 aromatic heterocycles. The van der Waals surface area contributed by atoms with Gasteiger partial charge < -0.3 is 14.5 Å². The van der Waals surface area contributed by atoms with E-state index in [0.717, 1.165) is 30.1 Å². The van der Waals surface area contributed by atoms with Crippen molar-refractivity contribution in [2.75, 3.05) is 38.2 Å². The Bertz CT molecular complexity index is 733. The summed E-state index contributed by atoms with van der Waals surface area (Å²) < 4.78 is 18.1. The molecular formula is C20H21FN2O2. The third-order valence-corrected chi connectivity index (χ3v) is 4.32. The number of halogens is 1. The topological polar surface area (TPSA) is 32.8 Å². The third-order valence-electron chi connectivity index (χ3n) is 4.32. The van der Waals surface area contributed by atoms with E-state index in [1.165, 1.54) is 12.1 Å². The van der Waals surface area contributed by atoms with Gasteiger partial charge in [-0.2, -0.15) is 0 Å². The first-order chi connectivity index (χ1) is 12.2. The fourth-order valence-electron chi connectivity index (χ4n) is 2.82.